The Morgan fingerprint density at radius 1 is 1.27 bits per heavy atom. The van der Waals surface area contributed by atoms with Crippen LogP contribution in [0.5, 0.6) is 0 Å². The van der Waals surface area contributed by atoms with Crippen LogP contribution in [0.3, 0.4) is 0 Å². The van der Waals surface area contributed by atoms with Gasteiger partial charge in [0.15, 0.2) is 0 Å². The number of thiophene rings is 1. The molecule has 1 saturated carbocycles. The molecule has 0 spiro atoms. The first-order valence-corrected chi connectivity index (χ1v) is 11.2. The lowest BCUT2D eigenvalue weighted by Gasteiger charge is -2.31. The van der Waals surface area contributed by atoms with Gasteiger partial charge in [0.25, 0.3) is 5.91 Å². The molecule has 1 aliphatic heterocycles. The van der Waals surface area contributed by atoms with Gasteiger partial charge in [-0.3, -0.25) is 14.5 Å². The molecule has 30 heavy (non-hydrogen) atoms. The quantitative estimate of drug-likeness (QED) is 0.572. The van der Waals surface area contributed by atoms with Gasteiger partial charge in [-0.1, -0.05) is 43.7 Å². The first kappa shape index (κ1) is 20.5. The van der Waals surface area contributed by atoms with Crippen LogP contribution >= 0.6 is 11.3 Å². The lowest BCUT2D eigenvalue weighted by Crippen LogP contribution is -2.44. The molecule has 1 fully saturated rings. The van der Waals surface area contributed by atoms with Crippen molar-refractivity contribution in [1.82, 2.24) is 4.90 Å². The Morgan fingerprint density at radius 2 is 2.00 bits per heavy atom. The van der Waals surface area contributed by atoms with Crippen LogP contribution in [0.15, 0.2) is 66.0 Å². The van der Waals surface area contributed by atoms with Crippen molar-refractivity contribution in [2.75, 3.05) is 4.90 Å². The van der Waals surface area contributed by atoms with Crippen molar-refractivity contribution in [2.45, 2.75) is 51.1 Å². The molecular weight excluding hydrogens is 399 g/mol. The third kappa shape index (κ3) is 3.60. The molecule has 4 rings (SSSR count). The summed E-state index contributed by atoms with van der Waals surface area (Å²) in [6, 6.07) is 10.5. The molecule has 1 atom stereocenters. The van der Waals surface area contributed by atoms with E-state index >= 15 is 0 Å². The Balaban J connectivity index is 1.79. The van der Waals surface area contributed by atoms with E-state index in [1.54, 1.807) is 0 Å². The third-order valence-electron chi connectivity index (χ3n) is 5.89. The summed E-state index contributed by atoms with van der Waals surface area (Å²) in [6.45, 7) is 5.01. The maximum Gasteiger partial charge on any atom is 0.255 e. The van der Waals surface area contributed by atoms with Gasteiger partial charge in [-0.25, -0.2) is 4.39 Å². The van der Waals surface area contributed by atoms with E-state index in [0.29, 0.717) is 0 Å². The second kappa shape index (κ2) is 8.56. The number of carbonyl (C=O) groups excluding carboxylic acids is 2. The van der Waals surface area contributed by atoms with Crippen molar-refractivity contribution < 1.29 is 14.0 Å². The molecule has 1 unspecified atom stereocenters. The molecular formula is C24H25FN2O2S. The largest absolute Gasteiger partial charge is 0.307 e. The fourth-order valence-electron chi connectivity index (χ4n) is 4.58. The second-order valence-electron chi connectivity index (χ2n) is 7.75. The van der Waals surface area contributed by atoms with Crippen molar-refractivity contribution >= 4 is 28.8 Å². The van der Waals surface area contributed by atoms with E-state index in [1.807, 2.05) is 46.7 Å². The summed E-state index contributed by atoms with van der Waals surface area (Å²) < 4.78 is 14.5. The molecule has 2 aliphatic rings. The van der Waals surface area contributed by atoms with E-state index in [4.69, 9.17) is 0 Å². The van der Waals surface area contributed by atoms with E-state index in [-0.39, 0.29) is 30.0 Å². The fourth-order valence-corrected chi connectivity index (χ4v) is 5.28. The van der Waals surface area contributed by atoms with Gasteiger partial charge in [0.05, 0.1) is 12.1 Å². The number of hydrogen-bond acceptors (Lipinski definition) is 3. The van der Waals surface area contributed by atoms with E-state index in [9.17, 15) is 14.0 Å². The van der Waals surface area contributed by atoms with Crippen LogP contribution in [0.1, 0.15) is 49.1 Å². The number of allylic oxidation sites excluding steroid dienone is 2. The number of para-hydroxylation sites is 1. The monoisotopic (exact) mass is 424 g/mol. The van der Waals surface area contributed by atoms with Crippen molar-refractivity contribution in [1.29, 1.82) is 0 Å². The number of fused-ring (bicyclic) bond motifs is 1. The zero-order valence-corrected chi connectivity index (χ0v) is 17.8. The highest BCUT2D eigenvalue weighted by atomic mass is 32.1. The molecule has 0 saturated heterocycles. The highest BCUT2D eigenvalue weighted by Gasteiger charge is 2.46. The summed E-state index contributed by atoms with van der Waals surface area (Å²) >= 11 is 1.47. The smallest absolute Gasteiger partial charge is 0.255 e. The van der Waals surface area contributed by atoms with E-state index in [1.165, 1.54) is 29.2 Å². The standard InChI is InChI=1S/C24H25FN2O2S/c1-3-20(16(2)25)27(22(28)15-18-11-8-14-30-18)23-19-12-6-7-13-21(19)26(24(23)29)17-9-4-5-10-17/h3,6-8,11-14,17,23H,1,4-5,9-10,15H2,2H3/b20-16-. The Bertz CT molecular complexity index is 988. The molecule has 2 aromatic rings. The van der Waals surface area contributed by atoms with Crippen molar-refractivity contribution in [3.8, 4) is 0 Å². The van der Waals surface area contributed by atoms with Gasteiger partial charge in [0, 0.05) is 22.2 Å². The van der Waals surface area contributed by atoms with Crippen LogP contribution in [0.2, 0.25) is 0 Å². The Morgan fingerprint density at radius 3 is 2.63 bits per heavy atom. The maximum atomic E-state index is 14.5. The summed E-state index contributed by atoms with van der Waals surface area (Å²) in [7, 11) is 0. The van der Waals surface area contributed by atoms with E-state index < -0.39 is 11.9 Å². The number of anilines is 1. The average molecular weight is 425 g/mol. The number of nitrogens with zero attached hydrogens (tertiary/aromatic N) is 2. The van der Waals surface area contributed by atoms with Gasteiger partial charge >= 0.3 is 0 Å². The summed E-state index contributed by atoms with van der Waals surface area (Å²) in [5, 5.41) is 1.90. The van der Waals surface area contributed by atoms with Crippen LogP contribution in [-0.4, -0.2) is 22.8 Å². The predicted octanol–water partition coefficient (Wildman–Crippen LogP) is 5.54. The second-order valence-corrected chi connectivity index (χ2v) is 8.78. The van der Waals surface area contributed by atoms with Gasteiger partial charge in [-0.2, -0.15) is 0 Å². The molecule has 1 aliphatic carbocycles. The minimum absolute atomic E-state index is 0.0537. The Hall–Kier alpha value is -2.73. The predicted molar refractivity (Wildman–Crippen MR) is 118 cm³/mol. The van der Waals surface area contributed by atoms with Gasteiger partial charge in [0.2, 0.25) is 5.91 Å². The van der Waals surface area contributed by atoms with Gasteiger partial charge in [-0.15, -0.1) is 11.3 Å². The number of benzene rings is 1. The van der Waals surface area contributed by atoms with Gasteiger partial charge in [-0.05, 0) is 43.4 Å². The van der Waals surface area contributed by atoms with Gasteiger partial charge < -0.3 is 4.90 Å². The molecule has 0 bridgehead atoms. The molecule has 0 radical (unpaired) electrons. The summed E-state index contributed by atoms with van der Waals surface area (Å²) in [6.07, 6.45) is 5.51. The number of hydrogen-bond donors (Lipinski definition) is 0. The number of halogens is 1. The van der Waals surface area contributed by atoms with Crippen LogP contribution in [0, 0.1) is 0 Å². The summed E-state index contributed by atoms with van der Waals surface area (Å²) in [5.74, 6) is -1.01. The highest BCUT2D eigenvalue weighted by Crippen LogP contribution is 2.44. The molecule has 2 amide bonds. The Kier molecular flexibility index (Phi) is 5.86. The minimum atomic E-state index is -0.882. The molecule has 156 valence electrons. The summed E-state index contributed by atoms with van der Waals surface area (Å²) in [5.41, 5.74) is 1.63. The lowest BCUT2D eigenvalue weighted by molar-refractivity contribution is -0.136. The summed E-state index contributed by atoms with van der Waals surface area (Å²) in [4.78, 5) is 31.1. The van der Waals surface area contributed by atoms with Crippen LogP contribution in [0.25, 0.3) is 0 Å². The number of amides is 2. The fraction of sp³-hybridized carbons (Fsp3) is 0.333. The van der Waals surface area contributed by atoms with Crippen molar-refractivity contribution in [3.05, 3.63) is 76.4 Å². The normalized spacial score (nSPS) is 19.6. The zero-order chi connectivity index (χ0) is 21.3. The van der Waals surface area contributed by atoms with Crippen molar-refractivity contribution in [3.63, 3.8) is 0 Å². The van der Waals surface area contributed by atoms with Crippen molar-refractivity contribution in [2.24, 2.45) is 0 Å². The maximum absolute atomic E-state index is 14.5. The van der Waals surface area contributed by atoms with Crippen LogP contribution < -0.4 is 4.90 Å². The molecule has 1 aromatic carbocycles. The molecule has 1 aromatic heterocycles. The highest BCUT2D eigenvalue weighted by molar-refractivity contribution is 7.10. The zero-order valence-electron chi connectivity index (χ0n) is 17.0. The number of carbonyl (C=O) groups is 2. The SMILES string of the molecule is C=C/C(=C(\C)F)N(C(=O)Cc1cccs1)C1C(=O)N(C2CCCC2)c2ccccc21. The van der Waals surface area contributed by atoms with E-state index in [0.717, 1.165) is 41.8 Å². The number of rotatable bonds is 6. The third-order valence-corrected chi connectivity index (χ3v) is 6.77. The molecule has 6 heteroatoms. The average Bonchev–Trinajstić information content (AvgIpc) is 3.46. The van der Waals surface area contributed by atoms with E-state index in [2.05, 4.69) is 6.58 Å². The lowest BCUT2D eigenvalue weighted by atomic mass is 10.0. The first-order valence-electron chi connectivity index (χ1n) is 10.3. The first-order chi connectivity index (χ1) is 14.5. The van der Waals surface area contributed by atoms with Crippen LogP contribution in [-0.2, 0) is 16.0 Å². The molecule has 0 N–H and O–H groups in total. The molecule has 2 heterocycles. The van der Waals surface area contributed by atoms with Gasteiger partial charge in [0.1, 0.15) is 11.9 Å². The molecule has 4 nitrogen and oxygen atoms in total. The topological polar surface area (TPSA) is 40.6 Å². The Labute approximate surface area is 180 Å². The van der Waals surface area contributed by atoms with Crippen LogP contribution in [0.4, 0.5) is 10.1 Å². The minimum Gasteiger partial charge on any atom is -0.307 e.